The van der Waals surface area contributed by atoms with E-state index in [9.17, 15) is 14.0 Å². The molecule has 1 rings (SSSR count). The maximum Gasteiger partial charge on any atom is 0.379 e. The van der Waals surface area contributed by atoms with Gasteiger partial charge in [0.15, 0.2) is 17.3 Å². The SMILES string of the molecule is CCOC(=O)C(=O)c1cc(Br)c(F)c(OC)c1OC. The monoisotopic (exact) mass is 334 g/mol. The highest BCUT2D eigenvalue weighted by atomic mass is 79.9. The molecule has 0 N–H and O–H groups in total. The Labute approximate surface area is 117 Å². The topological polar surface area (TPSA) is 61.8 Å². The Morgan fingerprint density at radius 1 is 1.26 bits per heavy atom. The van der Waals surface area contributed by atoms with Gasteiger partial charge in [-0.1, -0.05) is 0 Å². The van der Waals surface area contributed by atoms with Crippen LogP contribution in [0.15, 0.2) is 10.5 Å². The van der Waals surface area contributed by atoms with Gasteiger partial charge in [0.05, 0.1) is 30.9 Å². The largest absolute Gasteiger partial charge is 0.492 e. The van der Waals surface area contributed by atoms with Gasteiger partial charge in [-0.3, -0.25) is 4.79 Å². The van der Waals surface area contributed by atoms with E-state index in [0.29, 0.717) is 0 Å². The zero-order valence-corrected chi connectivity index (χ0v) is 12.2. The van der Waals surface area contributed by atoms with Crippen LogP contribution in [0.4, 0.5) is 4.39 Å². The van der Waals surface area contributed by atoms with E-state index < -0.39 is 17.6 Å². The molecule has 0 fully saturated rings. The summed E-state index contributed by atoms with van der Waals surface area (Å²) in [6, 6.07) is 1.15. The zero-order valence-electron chi connectivity index (χ0n) is 10.6. The van der Waals surface area contributed by atoms with Crippen molar-refractivity contribution in [3.05, 3.63) is 21.9 Å². The molecule has 0 radical (unpaired) electrons. The molecule has 5 nitrogen and oxygen atoms in total. The number of rotatable bonds is 5. The Bertz CT molecular complexity index is 515. The summed E-state index contributed by atoms with van der Waals surface area (Å²) in [6.07, 6.45) is 0. The Balaban J connectivity index is 3.39. The summed E-state index contributed by atoms with van der Waals surface area (Å²) in [5.74, 6) is -3.11. The van der Waals surface area contributed by atoms with Crippen LogP contribution in [0.5, 0.6) is 11.5 Å². The van der Waals surface area contributed by atoms with Crippen molar-refractivity contribution in [1.82, 2.24) is 0 Å². The van der Waals surface area contributed by atoms with Gasteiger partial charge in [0.1, 0.15) is 0 Å². The van der Waals surface area contributed by atoms with E-state index in [1.807, 2.05) is 0 Å². The van der Waals surface area contributed by atoms with Crippen molar-refractivity contribution in [3.63, 3.8) is 0 Å². The summed E-state index contributed by atoms with van der Waals surface area (Å²) in [4.78, 5) is 23.3. The number of hydrogen-bond acceptors (Lipinski definition) is 5. The predicted molar refractivity (Wildman–Crippen MR) is 68.2 cm³/mol. The van der Waals surface area contributed by atoms with Crippen molar-refractivity contribution in [2.75, 3.05) is 20.8 Å². The van der Waals surface area contributed by atoms with Gasteiger partial charge in [0, 0.05) is 0 Å². The molecule has 0 aliphatic carbocycles. The summed E-state index contributed by atoms with van der Waals surface area (Å²) >= 11 is 2.94. The smallest absolute Gasteiger partial charge is 0.379 e. The van der Waals surface area contributed by atoms with Crippen molar-refractivity contribution in [1.29, 1.82) is 0 Å². The van der Waals surface area contributed by atoms with Crippen LogP contribution in [0.1, 0.15) is 17.3 Å². The molecule has 7 heteroatoms. The molecule has 104 valence electrons. The van der Waals surface area contributed by atoms with Crippen LogP contribution in [-0.4, -0.2) is 32.6 Å². The van der Waals surface area contributed by atoms with Gasteiger partial charge in [-0.2, -0.15) is 0 Å². The highest BCUT2D eigenvalue weighted by Crippen LogP contribution is 2.38. The molecule has 1 aromatic carbocycles. The highest BCUT2D eigenvalue weighted by molar-refractivity contribution is 9.10. The number of Topliss-reactive ketones (excluding diaryl/α,β-unsaturated/α-hetero) is 1. The number of carbonyl (C=O) groups excluding carboxylic acids is 2. The third kappa shape index (κ3) is 3.04. The lowest BCUT2D eigenvalue weighted by atomic mass is 10.1. The second-order valence-electron chi connectivity index (χ2n) is 3.34. The molecule has 19 heavy (non-hydrogen) atoms. The first-order valence-electron chi connectivity index (χ1n) is 5.29. The standard InChI is InChI=1S/C12H12BrFO5/c1-4-19-12(16)9(15)6-5-7(13)8(14)11(18-3)10(6)17-2/h5H,4H2,1-3H3. The van der Waals surface area contributed by atoms with Gasteiger partial charge in [0.2, 0.25) is 0 Å². The first kappa shape index (κ1) is 15.4. The van der Waals surface area contributed by atoms with Gasteiger partial charge in [0.25, 0.3) is 5.78 Å². The average molecular weight is 335 g/mol. The van der Waals surface area contributed by atoms with Crippen LogP contribution in [-0.2, 0) is 9.53 Å². The van der Waals surface area contributed by atoms with E-state index in [1.165, 1.54) is 14.2 Å². The van der Waals surface area contributed by atoms with Crippen molar-refractivity contribution < 1.29 is 28.2 Å². The Morgan fingerprint density at radius 3 is 2.32 bits per heavy atom. The minimum atomic E-state index is -1.04. The van der Waals surface area contributed by atoms with E-state index in [4.69, 9.17) is 9.47 Å². The fraction of sp³-hybridized carbons (Fsp3) is 0.333. The predicted octanol–water partition coefficient (Wildman–Crippen LogP) is 2.35. The quantitative estimate of drug-likeness (QED) is 0.470. The number of esters is 1. The number of halogens is 2. The molecule has 0 saturated carbocycles. The Kier molecular flexibility index (Phi) is 5.29. The summed E-state index contributed by atoms with van der Waals surface area (Å²) in [7, 11) is 2.47. The molecule has 0 aliphatic rings. The molecule has 0 bridgehead atoms. The second kappa shape index (κ2) is 6.51. The maximum atomic E-state index is 13.8. The minimum absolute atomic E-state index is 0.0159. The van der Waals surface area contributed by atoms with Gasteiger partial charge >= 0.3 is 5.97 Å². The van der Waals surface area contributed by atoms with Crippen LogP contribution >= 0.6 is 15.9 Å². The van der Waals surface area contributed by atoms with Crippen molar-refractivity contribution in [3.8, 4) is 11.5 Å². The number of benzene rings is 1. The third-order valence-electron chi connectivity index (χ3n) is 2.24. The normalized spacial score (nSPS) is 9.95. The van der Waals surface area contributed by atoms with Gasteiger partial charge in [-0.25, -0.2) is 9.18 Å². The number of ether oxygens (including phenoxy) is 3. The second-order valence-corrected chi connectivity index (χ2v) is 4.19. The van der Waals surface area contributed by atoms with Crippen molar-refractivity contribution in [2.45, 2.75) is 6.92 Å². The lowest BCUT2D eigenvalue weighted by Crippen LogP contribution is -2.19. The van der Waals surface area contributed by atoms with Gasteiger partial charge < -0.3 is 14.2 Å². The molecule has 0 heterocycles. The summed E-state index contributed by atoms with van der Waals surface area (Å²) in [6.45, 7) is 1.63. The van der Waals surface area contributed by atoms with Crippen molar-refractivity contribution in [2.24, 2.45) is 0 Å². The summed E-state index contributed by atoms with van der Waals surface area (Å²) < 4.78 is 28.1. The molecule has 0 amide bonds. The van der Waals surface area contributed by atoms with E-state index in [0.717, 1.165) is 6.07 Å². The average Bonchev–Trinajstić information content (AvgIpc) is 2.40. The molecular formula is C12H12BrFO5. The number of methoxy groups -OCH3 is 2. The lowest BCUT2D eigenvalue weighted by molar-refractivity contribution is -0.137. The molecule has 0 atom stereocenters. The lowest BCUT2D eigenvalue weighted by Gasteiger charge is -2.13. The molecule has 1 aromatic rings. The van der Waals surface area contributed by atoms with Crippen LogP contribution in [0.25, 0.3) is 0 Å². The van der Waals surface area contributed by atoms with Crippen molar-refractivity contribution >= 4 is 27.7 Å². The number of ketones is 1. The Hall–Kier alpha value is -1.63. The van der Waals surface area contributed by atoms with Crippen LogP contribution in [0.2, 0.25) is 0 Å². The number of carbonyl (C=O) groups is 2. The maximum absolute atomic E-state index is 13.8. The molecule has 0 unspecified atom stereocenters. The first-order valence-corrected chi connectivity index (χ1v) is 6.08. The fourth-order valence-electron chi connectivity index (χ4n) is 1.45. The molecule has 0 saturated heterocycles. The minimum Gasteiger partial charge on any atom is -0.492 e. The van der Waals surface area contributed by atoms with E-state index >= 15 is 0 Å². The molecule has 0 aromatic heterocycles. The summed E-state index contributed by atoms with van der Waals surface area (Å²) in [5, 5.41) is 0. The first-order chi connectivity index (χ1) is 8.97. The zero-order chi connectivity index (χ0) is 14.6. The van der Waals surface area contributed by atoms with E-state index in [2.05, 4.69) is 20.7 Å². The molecule has 0 spiro atoms. The molecular weight excluding hydrogens is 323 g/mol. The van der Waals surface area contributed by atoms with Crippen LogP contribution in [0, 0.1) is 5.82 Å². The van der Waals surface area contributed by atoms with E-state index in [-0.39, 0.29) is 28.1 Å². The fourth-order valence-corrected chi connectivity index (χ4v) is 1.86. The van der Waals surface area contributed by atoms with E-state index in [1.54, 1.807) is 6.92 Å². The third-order valence-corrected chi connectivity index (χ3v) is 2.82. The van der Waals surface area contributed by atoms with Crippen LogP contribution < -0.4 is 9.47 Å². The molecule has 0 aliphatic heterocycles. The van der Waals surface area contributed by atoms with Gasteiger partial charge in [-0.15, -0.1) is 0 Å². The summed E-state index contributed by atoms with van der Waals surface area (Å²) in [5.41, 5.74) is -0.133. The van der Waals surface area contributed by atoms with Crippen LogP contribution in [0.3, 0.4) is 0 Å². The Morgan fingerprint density at radius 2 is 1.84 bits per heavy atom. The number of hydrogen-bond donors (Lipinski definition) is 0. The van der Waals surface area contributed by atoms with Gasteiger partial charge in [-0.05, 0) is 28.9 Å². The highest BCUT2D eigenvalue weighted by Gasteiger charge is 2.27.